The van der Waals surface area contributed by atoms with Gasteiger partial charge in [-0.05, 0) is 19.9 Å². The lowest BCUT2D eigenvalue weighted by Crippen LogP contribution is -2.41. The van der Waals surface area contributed by atoms with E-state index in [1.54, 1.807) is 0 Å². The van der Waals surface area contributed by atoms with Crippen LogP contribution in [0.15, 0.2) is 0 Å². The highest BCUT2D eigenvalue weighted by atomic mass is 16.3. The lowest BCUT2D eigenvalue weighted by Gasteiger charge is -2.14. The quantitative estimate of drug-likeness (QED) is 0.455. The molecule has 4 nitrogen and oxygen atoms in total. The summed E-state index contributed by atoms with van der Waals surface area (Å²) < 4.78 is 0. The Balaban J connectivity index is 3.69. The number of Topliss-reactive ketones (excluding diaryl/α,β-unsaturated/α-hetero) is 1. The van der Waals surface area contributed by atoms with Crippen LogP contribution >= 0.6 is 0 Å². The fraction of sp³-hybridized carbons (Fsp3) is 0.833. The third-order valence-electron chi connectivity index (χ3n) is 1.35. The van der Waals surface area contributed by atoms with Gasteiger partial charge in [0, 0.05) is 0 Å². The van der Waals surface area contributed by atoms with Gasteiger partial charge in [0.1, 0.15) is 5.78 Å². The van der Waals surface area contributed by atoms with Crippen LogP contribution in [0.5, 0.6) is 0 Å². The zero-order chi connectivity index (χ0) is 8.15. The van der Waals surface area contributed by atoms with Crippen molar-refractivity contribution in [3.05, 3.63) is 0 Å². The van der Waals surface area contributed by atoms with Crippen molar-refractivity contribution >= 4 is 5.78 Å². The van der Waals surface area contributed by atoms with Gasteiger partial charge >= 0.3 is 0 Å². The van der Waals surface area contributed by atoms with Crippen molar-refractivity contribution in [1.29, 1.82) is 0 Å². The summed E-state index contributed by atoms with van der Waals surface area (Å²) in [5.41, 5.74) is 10.4. The highest BCUT2D eigenvalue weighted by Gasteiger charge is 2.17. The van der Waals surface area contributed by atoms with Gasteiger partial charge in [-0.3, -0.25) is 4.79 Å². The molecule has 60 valence electrons. The molecule has 0 radical (unpaired) electrons. The Bertz CT molecular complexity index is 116. The molecule has 0 aliphatic heterocycles. The van der Waals surface area contributed by atoms with Gasteiger partial charge in [0.25, 0.3) is 0 Å². The molecule has 5 N–H and O–H groups in total. The summed E-state index contributed by atoms with van der Waals surface area (Å²) >= 11 is 0. The van der Waals surface area contributed by atoms with Gasteiger partial charge in [-0.15, -0.1) is 0 Å². The first-order valence-electron chi connectivity index (χ1n) is 3.23. The van der Waals surface area contributed by atoms with Crippen LogP contribution in [-0.4, -0.2) is 29.6 Å². The molecular weight excluding hydrogens is 132 g/mol. The minimum Gasteiger partial charge on any atom is -0.391 e. The molecule has 4 heteroatoms. The summed E-state index contributed by atoms with van der Waals surface area (Å²) in [7, 11) is 0. The largest absolute Gasteiger partial charge is 0.391 e. The highest BCUT2D eigenvalue weighted by Crippen LogP contribution is 1.95. The molecule has 0 bridgehead atoms. The van der Waals surface area contributed by atoms with Crippen LogP contribution in [0.25, 0.3) is 0 Å². The average Bonchev–Trinajstić information content (AvgIpc) is 1.87. The maximum Gasteiger partial charge on any atom is 0.149 e. The number of rotatable bonds is 4. The molecule has 0 aliphatic rings. The lowest BCUT2D eigenvalue weighted by molar-refractivity contribution is -0.120. The third kappa shape index (κ3) is 2.91. The summed E-state index contributed by atoms with van der Waals surface area (Å²) in [6, 6.07) is -0.774. The highest BCUT2D eigenvalue weighted by molar-refractivity contribution is 5.81. The normalized spacial score (nSPS) is 16.4. The Morgan fingerprint density at radius 3 is 2.50 bits per heavy atom. The first kappa shape index (κ1) is 9.55. The summed E-state index contributed by atoms with van der Waals surface area (Å²) in [5.74, 6) is -0.207. The van der Waals surface area contributed by atoms with Crippen molar-refractivity contribution in [3.63, 3.8) is 0 Å². The van der Waals surface area contributed by atoms with E-state index in [1.165, 1.54) is 6.92 Å². The number of nitrogens with two attached hydrogens (primary N) is 2. The van der Waals surface area contributed by atoms with Crippen LogP contribution in [0.3, 0.4) is 0 Å². The molecular formula is C6H14N2O2. The molecule has 0 aromatic heterocycles. The monoisotopic (exact) mass is 146 g/mol. The number of aliphatic hydroxyl groups is 1. The Hall–Kier alpha value is -0.450. The van der Waals surface area contributed by atoms with E-state index in [0.717, 1.165) is 0 Å². The van der Waals surface area contributed by atoms with Gasteiger partial charge in [-0.1, -0.05) is 0 Å². The standard InChI is InChI=1S/C6H14N2O2/c1-4(9)6(8)5(10)2-3-7/h5-6,10H,2-3,7-8H2,1H3. The minimum absolute atomic E-state index is 0.207. The maximum absolute atomic E-state index is 10.5. The lowest BCUT2D eigenvalue weighted by atomic mass is 10.1. The summed E-state index contributed by atoms with van der Waals surface area (Å²) in [5, 5.41) is 9.06. The Morgan fingerprint density at radius 2 is 2.20 bits per heavy atom. The number of aliphatic hydroxyl groups excluding tert-OH is 1. The molecule has 0 saturated carbocycles. The zero-order valence-corrected chi connectivity index (χ0v) is 6.08. The van der Waals surface area contributed by atoms with Gasteiger partial charge in [0.05, 0.1) is 12.1 Å². The topological polar surface area (TPSA) is 89.3 Å². The van der Waals surface area contributed by atoms with E-state index in [2.05, 4.69) is 0 Å². The first-order valence-corrected chi connectivity index (χ1v) is 3.23. The molecule has 0 amide bonds. The molecule has 2 atom stereocenters. The molecule has 0 saturated heterocycles. The second-order valence-corrected chi connectivity index (χ2v) is 2.28. The smallest absolute Gasteiger partial charge is 0.149 e. The van der Waals surface area contributed by atoms with Crippen molar-refractivity contribution in [2.24, 2.45) is 11.5 Å². The molecule has 10 heavy (non-hydrogen) atoms. The van der Waals surface area contributed by atoms with E-state index in [-0.39, 0.29) is 5.78 Å². The Labute approximate surface area is 60.2 Å². The SMILES string of the molecule is CC(=O)C(N)C(O)CCN. The van der Waals surface area contributed by atoms with E-state index >= 15 is 0 Å². The second-order valence-electron chi connectivity index (χ2n) is 2.28. The number of hydrogen-bond donors (Lipinski definition) is 3. The fourth-order valence-electron chi connectivity index (χ4n) is 0.621. The van der Waals surface area contributed by atoms with E-state index < -0.39 is 12.1 Å². The number of carbonyl (C=O) groups excluding carboxylic acids is 1. The van der Waals surface area contributed by atoms with Crippen LogP contribution in [0.2, 0.25) is 0 Å². The zero-order valence-electron chi connectivity index (χ0n) is 6.08. The number of ketones is 1. The van der Waals surface area contributed by atoms with Gasteiger partial charge in [-0.2, -0.15) is 0 Å². The van der Waals surface area contributed by atoms with E-state index in [4.69, 9.17) is 16.6 Å². The van der Waals surface area contributed by atoms with Crippen LogP contribution in [0.4, 0.5) is 0 Å². The predicted octanol–water partition coefficient (Wildman–Crippen LogP) is -1.39. The van der Waals surface area contributed by atoms with Crippen LogP contribution < -0.4 is 11.5 Å². The molecule has 0 heterocycles. The van der Waals surface area contributed by atoms with Crippen molar-refractivity contribution < 1.29 is 9.90 Å². The minimum atomic E-state index is -0.789. The molecule has 0 fully saturated rings. The second kappa shape index (κ2) is 4.38. The predicted molar refractivity (Wildman–Crippen MR) is 38.3 cm³/mol. The van der Waals surface area contributed by atoms with E-state index in [1.807, 2.05) is 0 Å². The summed E-state index contributed by atoms with van der Waals surface area (Å²) in [4.78, 5) is 10.5. The number of hydrogen-bond acceptors (Lipinski definition) is 4. The Kier molecular flexibility index (Phi) is 4.18. The van der Waals surface area contributed by atoms with Gasteiger partial charge in [0.15, 0.2) is 0 Å². The molecule has 0 aliphatic carbocycles. The molecule has 0 spiro atoms. The van der Waals surface area contributed by atoms with Crippen molar-refractivity contribution in [3.8, 4) is 0 Å². The molecule has 0 rings (SSSR count). The number of carbonyl (C=O) groups is 1. The van der Waals surface area contributed by atoms with Crippen molar-refractivity contribution in [2.45, 2.75) is 25.5 Å². The average molecular weight is 146 g/mol. The first-order chi connectivity index (χ1) is 4.59. The van der Waals surface area contributed by atoms with E-state index in [9.17, 15) is 4.79 Å². The van der Waals surface area contributed by atoms with Crippen molar-refractivity contribution in [2.75, 3.05) is 6.54 Å². The van der Waals surface area contributed by atoms with Gasteiger partial charge in [-0.25, -0.2) is 0 Å². The third-order valence-corrected chi connectivity index (χ3v) is 1.35. The van der Waals surface area contributed by atoms with Crippen LogP contribution in [-0.2, 0) is 4.79 Å². The maximum atomic E-state index is 10.5. The molecule has 0 aromatic carbocycles. The molecule has 0 aromatic rings. The van der Waals surface area contributed by atoms with Gasteiger partial charge < -0.3 is 16.6 Å². The van der Waals surface area contributed by atoms with Crippen molar-refractivity contribution in [1.82, 2.24) is 0 Å². The van der Waals surface area contributed by atoms with Gasteiger partial charge in [0.2, 0.25) is 0 Å². The molecule has 2 unspecified atom stereocenters. The Morgan fingerprint density at radius 1 is 1.70 bits per heavy atom. The fourth-order valence-corrected chi connectivity index (χ4v) is 0.621. The van der Waals surface area contributed by atoms with Crippen LogP contribution in [0.1, 0.15) is 13.3 Å². The van der Waals surface area contributed by atoms with E-state index in [0.29, 0.717) is 13.0 Å². The van der Waals surface area contributed by atoms with Crippen LogP contribution in [0, 0.1) is 0 Å². The summed E-state index contributed by atoms with van der Waals surface area (Å²) in [6.45, 7) is 1.70. The summed E-state index contributed by atoms with van der Waals surface area (Å²) in [6.07, 6.45) is -0.414.